The second-order valence-electron chi connectivity index (χ2n) is 7.87. The van der Waals surface area contributed by atoms with Gasteiger partial charge in [0.1, 0.15) is 12.5 Å². The molecule has 1 amide bonds. The quantitative estimate of drug-likeness (QED) is 0.295. The first kappa shape index (κ1) is 24.5. The summed E-state index contributed by atoms with van der Waals surface area (Å²) < 4.78 is 6.22. The Morgan fingerprint density at radius 3 is 2.50 bits per heavy atom. The van der Waals surface area contributed by atoms with E-state index in [9.17, 15) is 4.79 Å². The van der Waals surface area contributed by atoms with Crippen LogP contribution in [0.4, 0.5) is 0 Å². The van der Waals surface area contributed by atoms with E-state index in [0.717, 1.165) is 62.8 Å². The lowest BCUT2D eigenvalue weighted by Crippen LogP contribution is -2.61. The highest BCUT2D eigenvalue weighted by atomic mass is 32.2. The zero-order valence-electron chi connectivity index (χ0n) is 18.5. The van der Waals surface area contributed by atoms with Crippen molar-refractivity contribution < 1.29 is 9.53 Å². The number of unbranched alkanes of at least 4 members (excludes halogenated alkanes) is 3. The second kappa shape index (κ2) is 13.5. The van der Waals surface area contributed by atoms with Crippen molar-refractivity contribution in [1.29, 1.82) is 5.41 Å². The number of amides is 1. The molecule has 1 aliphatic rings. The summed E-state index contributed by atoms with van der Waals surface area (Å²) in [6.45, 7) is 6.28. The van der Waals surface area contributed by atoms with Gasteiger partial charge in [-0.15, -0.1) is 11.8 Å². The van der Waals surface area contributed by atoms with Crippen LogP contribution in [0.1, 0.15) is 65.2 Å². The van der Waals surface area contributed by atoms with Gasteiger partial charge in [-0.3, -0.25) is 10.2 Å². The smallest absolute Gasteiger partial charge is 0.230 e. The van der Waals surface area contributed by atoms with Crippen LogP contribution >= 0.6 is 11.8 Å². The predicted octanol–water partition coefficient (Wildman–Crippen LogP) is 4.57. The molecule has 0 spiro atoms. The van der Waals surface area contributed by atoms with Crippen LogP contribution in [0.25, 0.3) is 0 Å². The number of nitrogens with one attached hydrogen (secondary N) is 3. The molecule has 7 heteroatoms. The van der Waals surface area contributed by atoms with Gasteiger partial charge < -0.3 is 20.3 Å². The lowest BCUT2D eigenvalue weighted by Gasteiger charge is -2.44. The van der Waals surface area contributed by atoms with E-state index in [4.69, 9.17) is 10.1 Å². The van der Waals surface area contributed by atoms with Crippen molar-refractivity contribution in [2.24, 2.45) is 0 Å². The SMILES string of the molecule is CCCCC1(CCCC)NC(=N)N(CCCCNC(=O)CSc2ccccc2)CO1. The Labute approximate surface area is 186 Å². The molecule has 1 heterocycles. The minimum Gasteiger partial charge on any atom is -0.355 e. The van der Waals surface area contributed by atoms with Crippen LogP contribution in [0.3, 0.4) is 0 Å². The van der Waals surface area contributed by atoms with Gasteiger partial charge in [0.25, 0.3) is 0 Å². The molecule has 0 bridgehead atoms. The van der Waals surface area contributed by atoms with Gasteiger partial charge in [0.05, 0.1) is 5.75 Å². The van der Waals surface area contributed by atoms with E-state index in [2.05, 4.69) is 24.5 Å². The number of benzene rings is 1. The molecule has 0 saturated carbocycles. The first-order chi connectivity index (χ1) is 14.6. The van der Waals surface area contributed by atoms with E-state index in [0.29, 0.717) is 25.0 Å². The maximum atomic E-state index is 12.0. The normalized spacial score (nSPS) is 15.7. The van der Waals surface area contributed by atoms with Gasteiger partial charge in [0.15, 0.2) is 5.96 Å². The van der Waals surface area contributed by atoms with Gasteiger partial charge >= 0.3 is 0 Å². The molecule has 6 nitrogen and oxygen atoms in total. The Morgan fingerprint density at radius 2 is 1.87 bits per heavy atom. The van der Waals surface area contributed by atoms with Crippen molar-refractivity contribution in [2.45, 2.75) is 75.8 Å². The van der Waals surface area contributed by atoms with Crippen molar-refractivity contribution in [3.8, 4) is 0 Å². The third kappa shape index (κ3) is 8.56. The molecule has 3 N–H and O–H groups in total. The Morgan fingerprint density at radius 1 is 1.17 bits per heavy atom. The zero-order valence-corrected chi connectivity index (χ0v) is 19.4. The highest BCUT2D eigenvalue weighted by Crippen LogP contribution is 2.26. The Balaban J connectivity index is 1.62. The van der Waals surface area contributed by atoms with E-state index < -0.39 is 0 Å². The Hall–Kier alpha value is -1.73. The van der Waals surface area contributed by atoms with Crippen molar-refractivity contribution in [3.05, 3.63) is 30.3 Å². The van der Waals surface area contributed by atoms with Gasteiger partial charge in [-0.1, -0.05) is 44.9 Å². The minimum atomic E-state index is -0.371. The van der Waals surface area contributed by atoms with Crippen molar-refractivity contribution in [3.63, 3.8) is 0 Å². The molecule has 168 valence electrons. The van der Waals surface area contributed by atoms with Crippen LogP contribution in [-0.2, 0) is 9.53 Å². The number of rotatable bonds is 14. The molecule has 0 aromatic heterocycles. The van der Waals surface area contributed by atoms with Crippen molar-refractivity contribution in [1.82, 2.24) is 15.5 Å². The lowest BCUT2D eigenvalue weighted by molar-refractivity contribution is -0.124. The number of hydrogen-bond donors (Lipinski definition) is 3. The summed E-state index contributed by atoms with van der Waals surface area (Å²) in [6, 6.07) is 9.97. The van der Waals surface area contributed by atoms with Crippen LogP contribution in [0.2, 0.25) is 0 Å². The van der Waals surface area contributed by atoms with Gasteiger partial charge in [0, 0.05) is 18.0 Å². The molecule has 0 aliphatic carbocycles. The summed E-state index contributed by atoms with van der Waals surface area (Å²) >= 11 is 1.55. The summed E-state index contributed by atoms with van der Waals surface area (Å²) in [4.78, 5) is 15.0. The topological polar surface area (TPSA) is 77.5 Å². The number of thioether (sulfide) groups is 1. The largest absolute Gasteiger partial charge is 0.355 e. The number of carbonyl (C=O) groups excluding carboxylic acids is 1. The van der Waals surface area contributed by atoms with E-state index in [1.54, 1.807) is 11.8 Å². The summed E-state index contributed by atoms with van der Waals surface area (Å²) in [5, 5.41) is 14.8. The average Bonchev–Trinajstić information content (AvgIpc) is 2.77. The number of hydrogen-bond acceptors (Lipinski definition) is 4. The Kier molecular flexibility index (Phi) is 11.1. The molecule has 0 unspecified atom stereocenters. The summed E-state index contributed by atoms with van der Waals surface area (Å²) in [6.07, 6.45) is 8.17. The number of carbonyl (C=O) groups is 1. The van der Waals surface area contributed by atoms with E-state index >= 15 is 0 Å². The molecule has 1 aromatic carbocycles. The molecule has 1 aromatic rings. The maximum Gasteiger partial charge on any atom is 0.230 e. The summed E-state index contributed by atoms with van der Waals surface area (Å²) in [5.74, 6) is 0.976. The van der Waals surface area contributed by atoms with Crippen LogP contribution in [0, 0.1) is 5.41 Å². The molecule has 1 saturated heterocycles. The molecule has 30 heavy (non-hydrogen) atoms. The fourth-order valence-electron chi connectivity index (χ4n) is 3.46. The van der Waals surface area contributed by atoms with E-state index in [-0.39, 0.29) is 11.6 Å². The van der Waals surface area contributed by atoms with Crippen molar-refractivity contribution >= 4 is 23.6 Å². The van der Waals surface area contributed by atoms with E-state index in [1.165, 1.54) is 0 Å². The third-order valence-corrected chi connectivity index (χ3v) is 6.33. The first-order valence-electron chi connectivity index (χ1n) is 11.3. The van der Waals surface area contributed by atoms with Gasteiger partial charge in [0.2, 0.25) is 5.91 Å². The lowest BCUT2D eigenvalue weighted by atomic mass is 9.98. The molecular weight excluding hydrogens is 396 g/mol. The average molecular weight is 435 g/mol. The number of ether oxygens (including phenoxy) is 1. The summed E-state index contributed by atoms with van der Waals surface area (Å²) in [5.41, 5.74) is -0.371. The van der Waals surface area contributed by atoms with Crippen LogP contribution in [-0.4, -0.2) is 48.1 Å². The van der Waals surface area contributed by atoms with Crippen LogP contribution in [0.5, 0.6) is 0 Å². The van der Waals surface area contributed by atoms with E-state index in [1.807, 2.05) is 35.2 Å². The molecular formula is C23H38N4O2S. The van der Waals surface area contributed by atoms with Gasteiger partial charge in [-0.2, -0.15) is 0 Å². The third-order valence-electron chi connectivity index (χ3n) is 5.32. The summed E-state index contributed by atoms with van der Waals surface area (Å²) in [7, 11) is 0. The molecule has 1 fully saturated rings. The van der Waals surface area contributed by atoms with Crippen LogP contribution in [0.15, 0.2) is 35.2 Å². The van der Waals surface area contributed by atoms with Crippen LogP contribution < -0.4 is 10.6 Å². The monoisotopic (exact) mass is 434 g/mol. The minimum absolute atomic E-state index is 0.0659. The predicted molar refractivity (Wildman–Crippen MR) is 125 cm³/mol. The van der Waals surface area contributed by atoms with Gasteiger partial charge in [-0.25, -0.2) is 0 Å². The second-order valence-corrected chi connectivity index (χ2v) is 8.92. The fraction of sp³-hybridized carbons (Fsp3) is 0.652. The highest BCUT2D eigenvalue weighted by molar-refractivity contribution is 8.00. The first-order valence-corrected chi connectivity index (χ1v) is 12.3. The molecule has 0 radical (unpaired) electrons. The number of nitrogens with zero attached hydrogens (tertiary/aromatic N) is 1. The standard InChI is InChI=1S/C23H38N4O2S/c1-3-5-14-23(15-6-4-2)26-22(24)27(19-29-23)17-11-10-16-25-21(28)18-30-20-12-8-7-9-13-20/h7-9,12-13H,3-6,10-11,14-19H2,1-2H3,(H2,24,26)(H,25,28). The molecule has 1 aliphatic heterocycles. The highest BCUT2D eigenvalue weighted by Gasteiger charge is 2.36. The Bertz CT molecular complexity index is 633. The van der Waals surface area contributed by atoms with Crippen molar-refractivity contribution in [2.75, 3.05) is 25.6 Å². The number of guanidine groups is 1. The fourth-order valence-corrected chi connectivity index (χ4v) is 4.21. The van der Waals surface area contributed by atoms with Gasteiger partial charge in [-0.05, 0) is 50.7 Å². The maximum absolute atomic E-state index is 12.0. The molecule has 0 atom stereocenters. The zero-order chi connectivity index (χ0) is 21.7. The molecule has 2 rings (SSSR count).